The maximum absolute atomic E-state index is 12.2. The molecular weight excluding hydrogens is 388 g/mol. The monoisotopic (exact) mass is 412 g/mol. The maximum atomic E-state index is 12.2. The van der Waals surface area contributed by atoms with Crippen LogP contribution in [0.3, 0.4) is 0 Å². The lowest BCUT2D eigenvalue weighted by Gasteiger charge is -2.37. The van der Waals surface area contributed by atoms with Crippen molar-refractivity contribution in [2.24, 2.45) is 0 Å². The standard InChI is InChI=1S/C21H24N4O3S/c1-14(26)23-15-4-5-19-17(11-15)18(12-22-19)20(21(27)28)25-8-6-24(7-9-25)13-16-3-2-10-29-16/h2-5,10-12,20,22H,6-9,13H2,1H3,(H,23,26)(H,27,28). The number of carbonyl (C=O) groups is 2. The number of piperazine rings is 1. The van der Waals surface area contributed by atoms with Gasteiger partial charge in [0.2, 0.25) is 5.91 Å². The third kappa shape index (κ3) is 4.34. The molecule has 29 heavy (non-hydrogen) atoms. The molecule has 1 aliphatic rings. The van der Waals surface area contributed by atoms with E-state index >= 15 is 0 Å². The number of benzene rings is 1. The van der Waals surface area contributed by atoms with Gasteiger partial charge in [-0.25, -0.2) is 0 Å². The molecule has 0 bridgehead atoms. The Morgan fingerprint density at radius 3 is 2.69 bits per heavy atom. The first-order chi connectivity index (χ1) is 14.0. The third-order valence-electron chi connectivity index (χ3n) is 5.29. The number of amides is 1. The average Bonchev–Trinajstić information content (AvgIpc) is 3.33. The summed E-state index contributed by atoms with van der Waals surface area (Å²) in [6.07, 6.45) is 1.78. The number of hydrogen-bond donors (Lipinski definition) is 3. The van der Waals surface area contributed by atoms with Gasteiger partial charge in [0.25, 0.3) is 0 Å². The molecule has 1 amide bonds. The third-order valence-corrected chi connectivity index (χ3v) is 6.16. The SMILES string of the molecule is CC(=O)Nc1ccc2[nH]cc(C(C(=O)O)N3CCN(Cc4cccs4)CC3)c2c1. The fraction of sp³-hybridized carbons (Fsp3) is 0.333. The van der Waals surface area contributed by atoms with Crippen molar-refractivity contribution in [3.63, 3.8) is 0 Å². The summed E-state index contributed by atoms with van der Waals surface area (Å²) in [6.45, 7) is 5.43. The van der Waals surface area contributed by atoms with Crippen molar-refractivity contribution in [2.45, 2.75) is 19.5 Å². The molecule has 2 aromatic heterocycles. The second-order valence-corrected chi connectivity index (χ2v) is 8.35. The van der Waals surface area contributed by atoms with Crippen molar-refractivity contribution in [3.8, 4) is 0 Å². The van der Waals surface area contributed by atoms with Crippen molar-refractivity contribution in [1.29, 1.82) is 0 Å². The summed E-state index contributed by atoms with van der Waals surface area (Å²) in [5, 5.41) is 15.7. The number of anilines is 1. The van der Waals surface area contributed by atoms with Crippen molar-refractivity contribution in [1.82, 2.24) is 14.8 Å². The summed E-state index contributed by atoms with van der Waals surface area (Å²) in [5.74, 6) is -1.01. The van der Waals surface area contributed by atoms with E-state index in [1.165, 1.54) is 11.8 Å². The van der Waals surface area contributed by atoms with Crippen molar-refractivity contribution < 1.29 is 14.7 Å². The Morgan fingerprint density at radius 2 is 2.03 bits per heavy atom. The lowest BCUT2D eigenvalue weighted by Crippen LogP contribution is -2.48. The van der Waals surface area contributed by atoms with Crippen LogP contribution in [0.2, 0.25) is 0 Å². The fourth-order valence-electron chi connectivity index (χ4n) is 3.94. The summed E-state index contributed by atoms with van der Waals surface area (Å²) in [7, 11) is 0. The number of hydrogen-bond acceptors (Lipinski definition) is 5. The number of aliphatic carboxylic acids is 1. The number of carboxylic acids is 1. The number of rotatable bonds is 6. The van der Waals surface area contributed by atoms with E-state index in [9.17, 15) is 14.7 Å². The Bertz CT molecular complexity index is 1010. The van der Waals surface area contributed by atoms with Gasteiger partial charge >= 0.3 is 5.97 Å². The van der Waals surface area contributed by atoms with E-state index in [4.69, 9.17) is 0 Å². The van der Waals surface area contributed by atoms with Gasteiger partial charge in [-0.05, 0) is 29.6 Å². The fourth-order valence-corrected chi connectivity index (χ4v) is 4.68. The molecule has 152 valence electrons. The van der Waals surface area contributed by atoms with Crippen LogP contribution in [0.25, 0.3) is 10.9 Å². The van der Waals surface area contributed by atoms with Crippen LogP contribution in [-0.4, -0.2) is 57.9 Å². The van der Waals surface area contributed by atoms with E-state index < -0.39 is 12.0 Å². The van der Waals surface area contributed by atoms with Gasteiger partial charge in [0.05, 0.1) is 0 Å². The zero-order valence-electron chi connectivity index (χ0n) is 16.2. The largest absolute Gasteiger partial charge is 0.480 e. The first-order valence-electron chi connectivity index (χ1n) is 9.61. The molecule has 1 fully saturated rings. The summed E-state index contributed by atoms with van der Waals surface area (Å²) in [5.41, 5.74) is 2.25. The molecule has 3 heterocycles. The minimum absolute atomic E-state index is 0.155. The second kappa shape index (κ2) is 8.36. The number of carboxylic acid groups (broad SMARTS) is 1. The summed E-state index contributed by atoms with van der Waals surface area (Å²) in [6, 6.07) is 8.98. The van der Waals surface area contributed by atoms with E-state index in [0.717, 1.165) is 36.1 Å². The van der Waals surface area contributed by atoms with Gasteiger partial charge < -0.3 is 15.4 Å². The molecule has 1 aromatic carbocycles. The number of fused-ring (bicyclic) bond motifs is 1. The van der Waals surface area contributed by atoms with E-state index in [1.54, 1.807) is 17.5 Å². The molecule has 1 aliphatic heterocycles. The second-order valence-electron chi connectivity index (χ2n) is 7.32. The van der Waals surface area contributed by atoms with E-state index in [2.05, 4.69) is 32.7 Å². The van der Waals surface area contributed by atoms with Crippen LogP contribution in [0.1, 0.15) is 23.4 Å². The zero-order valence-corrected chi connectivity index (χ0v) is 17.0. The van der Waals surface area contributed by atoms with Crippen molar-refractivity contribution in [2.75, 3.05) is 31.5 Å². The maximum Gasteiger partial charge on any atom is 0.325 e. The summed E-state index contributed by atoms with van der Waals surface area (Å²) >= 11 is 1.75. The molecule has 8 heteroatoms. The Kier molecular flexibility index (Phi) is 5.66. The van der Waals surface area contributed by atoms with Gasteiger partial charge in [0.15, 0.2) is 0 Å². The van der Waals surface area contributed by atoms with Gasteiger partial charge in [-0.2, -0.15) is 0 Å². The average molecular weight is 413 g/mol. The predicted molar refractivity (Wildman–Crippen MR) is 114 cm³/mol. The Morgan fingerprint density at radius 1 is 1.24 bits per heavy atom. The van der Waals surface area contributed by atoms with Gasteiger partial charge in [-0.1, -0.05) is 6.07 Å². The Labute approximate surface area is 172 Å². The minimum atomic E-state index is -0.859. The number of aromatic amines is 1. The predicted octanol–water partition coefficient (Wildman–Crippen LogP) is 3.13. The topological polar surface area (TPSA) is 88.7 Å². The highest BCUT2D eigenvalue weighted by Gasteiger charge is 2.32. The quantitative estimate of drug-likeness (QED) is 0.579. The van der Waals surface area contributed by atoms with Crippen molar-refractivity contribution >= 4 is 39.8 Å². The smallest absolute Gasteiger partial charge is 0.325 e. The minimum Gasteiger partial charge on any atom is -0.480 e. The first-order valence-corrected chi connectivity index (χ1v) is 10.5. The lowest BCUT2D eigenvalue weighted by atomic mass is 10.0. The van der Waals surface area contributed by atoms with Crippen LogP contribution in [0.15, 0.2) is 41.9 Å². The van der Waals surface area contributed by atoms with E-state index in [-0.39, 0.29) is 5.91 Å². The normalized spacial score (nSPS) is 16.7. The molecule has 1 atom stereocenters. The molecule has 1 unspecified atom stereocenters. The van der Waals surface area contributed by atoms with E-state index in [1.807, 2.05) is 23.1 Å². The van der Waals surface area contributed by atoms with Crippen molar-refractivity contribution in [3.05, 3.63) is 52.3 Å². The van der Waals surface area contributed by atoms with Crippen LogP contribution in [0.5, 0.6) is 0 Å². The molecule has 0 aliphatic carbocycles. The van der Waals surface area contributed by atoms with Crippen LogP contribution in [0, 0.1) is 0 Å². The van der Waals surface area contributed by atoms with Gasteiger partial charge in [0.1, 0.15) is 6.04 Å². The van der Waals surface area contributed by atoms with Gasteiger partial charge in [-0.15, -0.1) is 11.3 Å². The molecule has 0 spiro atoms. The first kappa shape index (κ1) is 19.6. The highest BCUT2D eigenvalue weighted by atomic mass is 32.1. The number of nitrogens with one attached hydrogen (secondary N) is 2. The molecule has 3 N–H and O–H groups in total. The highest BCUT2D eigenvalue weighted by Crippen LogP contribution is 2.31. The zero-order chi connectivity index (χ0) is 20.4. The summed E-state index contributed by atoms with van der Waals surface area (Å²) < 4.78 is 0. The van der Waals surface area contributed by atoms with Crippen LogP contribution in [0.4, 0.5) is 5.69 Å². The number of H-pyrrole nitrogens is 1. The molecule has 0 saturated carbocycles. The lowest BCUT2D eigenvalue weighted by molar-refractivity contribution is -0.144. The molecule has 7 nitrogen and oxygen atoms in total. The summed E-state index contributed by atoms with van der Waals surface area (Å²) in [4.78, 5) is 32.5. The van der Waals surface area contributed by atoms with E-state index in [0.29, 0.717) is 18.8 Å². The van der Waals surface area contributed by atoms with Crippen LogP contribution in [-0.2, 0) is 16.1 Å². The Hall–Kier alpha value is -2.68. The molecule has 0 radical (unpaired) electrons. The van der Waals surface area contributed by atoms with Gasteiger partial charge in [0, 0.05) is 72.9 Å². The molecule has 4 rings (SSSR count). The van der Waals surface area contributed by atoms with Crippen LogP contribution < -0.4 is 5.32 Å². The van der Waals surface area contributed by atoms with Gasteiger partial charge in [-0.3, -0.25) is 19.4 Å². The molecular formula is C21H24N4O3S. The number of thiophene rings is 1. The molecule has 3 aromatic rings. The Balaban J connectivity index is 1.53. The number of nitrogens with zero attached hydrogens (tertiary/aromatic N) is 2. The van der Waals surface area contributed by atoms with Crippen LogP contribution >= 0.6 is 11.3 Å². The molecule has 1 saturated heterocycles. The highest BCUT2D eigenvalue weighted by molar-refractivity contribution is 7.09. The number of aromatic nitrogens is 1. The number of carbonyl (C=O) groups excluding carboxylic acids is 1.